The third kappa shape index (κ3) is 2.84. The summed E-state index contributed by atoms with van der Waals surface area (Å²) >= 11 is 0. The van der Waals surface area contributed by atoms with Gasteiger partial charge in [0.15, 0.2) is 5.03 Å². The fraction of sp³-hybridized carbons (Fsp3) is 0.0500. The molecule has 26 heavy (non-hydrogen) atoms. The van der Waals surface area contributed by atoms with Gasteiger partial charge < -0.3 is 4.98 Å². The first-order valence-electron chi connectivity index (χ1n) is 8.15. The van der Waals surface area contributed by atoms with Crippen molar-refractivity contribution in [2.75, 3.05) is 0 Å². The highest BCUT2D eigenvalue weighted by Gasteiger charge is 2.25. The molecule has 130 valence electrons. The number of rotatable bonds is 4. The number of hydrogen-bond acceptors (Lipinski definition) is 3. The lowest BCUT2D eigenvalue weighted by atomic mass is 10.1. The van der Waals surface area contributed by atoms with Gasteiger partial charge in [0.05, 0.1) is 10.6 Å². The fourth-order valence-electron chi connectivity index (χ4n) is 2.85. The second-order valence-electron chi connectivity index (χ2n) is 6.09. The first-order valence-corrected chi connectivity index (χ1v) is 9.64. The van der Waals surface area contributed by atoms with Gasteiger partial charge in [-0.2, -0.15) is 5.10 Å². The van der Waals surface area contributed by atoms with Crippen LogP contribution in [0, 0.1) is 6.92 Å². The molecule has 4 rings (SSSR count). The second-order valence-corrected chi connectivity index (χ2v) is 7.97. The largest absolute Gasteiger partial charge is 0.366 e. The van der Waals surface area contributed by atoms with Crippen LogP contribution < -0.4 is 0 Å². The maximum Gasteiger partial charge on any atom is 0.225 e. The summed E-state index contributed by atoms with van der Waals surface area (Å²) in [5.74, 6) is 0. The summed E-state index contributed by atoms with van der Waals surface area (Å²) in [7, 11) is -3.72. The SMILES string of the molecule is Cc1ccc(-c2cc(S(=O)(=O)c3c[nH]cc3-c3ccccc3)[nH]n2)cc1. The Balaban J connectivity index is 1.75. The molecule has 0 radical (unpaired) electrons. The van der Waals surface area contributed by atoms with E-state index in [1.54, 1.807) is 12.3 Å². The summed E-state index contributed by atoms with van der Waals surface area (Å²) in [4.78, 5) is 3.13. The number of H-pyrrole nitrogens is 2. The van der Waals surface area contributed by atoms with Crippen LogP contribution in [0.5, 0.6) is 0 Å². The summed E-state index contributed by atoms with van der Waals surface area (Å²) in [6.07, 6.45) is 3.20. The van der Waals surface area contributed by atoms with Crippen molar-refractivity contribution in [3.63, 3.8) is 0 Å². The van der Waals surface area contributed by atoms with Gasteiger partial charge in [0, 0.05) is 29.6 Å². The van der Waals surface area contributed by atoms with Crippen molar-refractivity contribution < 1.29 is 8.42 Å². The molecule has 0 saturated heterocycles. The quantitative estimate of drug-likeness (QED) is 0.570. The maximum absolute atomic E-state index is 13.1. The average Bonchev–Trinajstić information content (AvgIpc) is 3.33. The van der Waals surface area contributed by atoms with Crippen LogP contribution in [0.3, 0.4) is 0 Å². The van der Waals surface area contributed by atoms with Crippen molar-refractivity contribution >= 4 is 9.84 Å². The highest BCUT2D eigenvalue weighted by Crippen LogP contribution is 2.31. The van der Waals surface area contributed by atoms with E-state index in [1.165, 1.54) is 6.20 Å². The predicted octanol–water partition coefficient (Wildman–Crippen LogP) is 4.21. The molecule has 2 aromatic heterocycles. The van der Waals surface area contributed by atoms with E-state index in [0.717, 1.165) is 16.7 Å². The molecule has 5 nitrogen and oxygen atoms in total. The Kier molecular flexibility index (Phi) is 3.97. The molecule has 0 fully saturated rings. The van der Waals surface area contributed by atoms with Gasteiger partial charge in [-0.05, 0) is 12.5 Å². The molecule has 0 saturated carbocycles. The van der Waals surface area contributed by atoms with E-state index >= 15 is 0 Å². The van der Waals surface area contributed by atoms with Crippen molar-refractivity contribution in [2.24, 2.45) is 0 Å². The number of aryl methyl sites for hydroxylation is 1. The van der Waals surface area contributed by atoms with Crippen LogP contribution in [0.25, 0.3) is 22.4 Å². The van der Waals surface area contributed by atoms with Crippen molar-refractivity contribution in [2.45, 2.75) is 16.8 Å². The van der Waals surface area contributed by atoms with Gasteiger partial charge >= 0.3 is 0 Å². The molecular formula is C20H17N3O2S. The Morgan fingerprint density at radius 3 is 2.35 bits per heavy atom. The summed E-state index contributed by atoms with van der Waals surface area (Å²) in [6.45, 7) is 2.00. The predicted molar refractivity (Wildman–Crippen MR) is 100 cm³/mol. The van der Waals surface area contributed by atoms with Gasteiger partial charge in [0.2, 0.25) is 9.84 Å². The van der Waals surface area contributed by atoms with E-state index in [4.69, 9.17) is 0 Å². The van der Waals surface area contributed by atoms with Crippen LogP contribution in [0.1, 0.15) is 5.56 Å². The van der Waals surface area contributed by atoms with Crippen molar-refractivity contribution in [3.05, 3.63) is 78.6 Å². The Morgan fingerprint density at radius 1 is 0.885 bits per heavy atom. The molecule has 6 heteroatoms. The van der Waals surface area contributed by atoms with Crippen LogP contribution in [0.4, 0.5) is 0 Å². The van der Waals surface area contributed by atoms with E-state index in [-0.39, 0.29) is 9.92 Å². The van der Waals surface area contributed by atoms with Gasteiger partial charge in [-0.15, -0.1) is 0 Å². The van der Waals surface area contributed by atoms with Crippen molar-refractivity contribution in [1.82, 2.24) is 15.2 Å². The summed E-state index contributed by atoms with van der Waals surface area (Å²) in [5, 5.41) is 6.93. The standard InChI is InChI=1S/C20H17N3O2S/c1-14-7-9-16(10-8-14)18-11-20(23-22-18)26(24,25)19-13-21-12-17(19)15-5-3-2-4-6-15/h2-13,21H,1H3,(H,22,23). The van der Waals surface area contributed by atoms with E-state index in [0.29, 0.717) is 11.3 Å². The van der Waals surface area contributed by atoms with E-state index in [9.17, 15) is 8.42 Å². The van der Waals surface area contributed by atoms with Crippen molar-refractivity contribution in [1.29, 1.82) is 0 Å². The Morgan fingerprint density at radius 2 is 1.62 bits per heavy atom. The normalized spacial score (nSPS) is 11.6. The summed E-state index contributed by atoms with van der Waals surface area (Å²) in [5.41, 5.74) is 4.07. The highest BCUT2D eigenvalue weighted by atomic mass is 32.2. The van der Waals surface area contributed by atoms with Crippen LogP contribution in [-0.2, 0) is 9.84 Å². The van der Waals surface area contributed by atoms with Crippen LogP contribution in [-0.4, -0.2) is 23.6 Å². The van der Waals surface area contributed by atoms with Gasteiger partial charge in [0.1, 0.15) is 0 Å². The molecule has 0 bridgehead atoms. The number of aromatic nitrogens is 3. The van der Waals surface area contributed by atoms with E-state index < -0.39 is 9.84 Å². The van der Waals surface area contributed by atoms with Gasteiger partial charge in [-0.3, -0.25) is 5.10 Å². The minimum Gasteiger partial charge on any atom is -0.366 e. The smallest absolute Gasteiger partial charge is 0.225 e. The summed E-state index contributed by atoms with van der Waals surface area (Å²) < 4.78 is 26.2. The average molecular weight is 363 g/mol. The monoisotopic (exact) mass is 363 g/mol. The second kappa shape index (κ2) is 6.31. The van der Waals surface area contributed by atoms with E-state index in [2.05, 4.69) is 15.2 Å². The summed E-state index contributed by atoms with van der Waals surface area (Å²) in [6, 6.07) is 18.8. The molecule has 2 N–H and O–H groups in total. The van der Waals surface area contributed by atoms with Crippen LogP contribution >= 0.6 is 0 Å². The zero-order valence-corrected chi connectivity index (χ0v) is 14.9. The molecule has 0 unspecified atom stereocenters. The zero-order valence-electron chi connectivity index (χ0n) is 14.1. The molecule has 0 spiro atoms. The first-order chi connectivity index (χ1) is 12.6. The number of hydrogen-bond donors (Lipinski definition) is 2. The molecule has 0 aliphatic carbocycles. The third-order valence-electron chi connectivity index (χ3n) is 4.27. The molecule has 2 heterocycles. The maximum atomic E-state index is 13.1. The number of nitrogens with one attached hydrogen (secondary N) is 2. The highest BCUT2D eigenvalue weighted by molar-refractivity contribution is 7.91. The fourth-order valence-corrected chi connectivity index (χ4v) is 4.21. The Bertz CT molecular complexity index is 1140. The Labute approximate surface area is 151 Å². The zero-order chi connectivity index (χ0) is 18.1. The van der Waals surface area contributed by atoms with Gasteiger partial charge in [-0.25, -0.2) is 8.42 Å². The number of aromatic amines is 2. The third-order valence-corrected chi connectivity index (χ3v) is 5.98. The van der Waals surface area contributed by atoms with Gasteiger partial charge in [-0.1, -0.05) is 60.2 Å². The molecule has 4 aromatic rings. The van der Waals surface area contributed by atoms with Crippen LogP contribution in [0.2, 0.25) is 0 Å². The molecule has 0 atom stereocenters. The molecule has 0 aliphatic heterocycles. The Hall–Kier alpha value is -3.12. The molecular weight excluding hydrogens is 346 g/mol. The molecule has 0 aliphatic rings. The van der Waals surface area contributed by atoms with Crippen molar-refractivity contribution in [3.8, 4) is 22.4 Å². The van der Waals surface area contributed by atoms with Crippen LogP contribution in [0.15, 0.2) is 83.0 Å². The lowest BCUT2D eigenvalue weighted by Gasteiger charge is -2.04. The lowest BCUT2D eigenvalue weighted by Crippen LogP contribution is -2.02. The molecule has 0 amide bonds. The number of nitrogens with zero attached hydrogens (tertiary/aromatic N) is 1. The minimum atomic E-state index is -3.72. The number of sulfone groups is 1. The minimum absolute atomic E-state index is 0.0739. The topological polar surface area (TPSA) is 78.6 Å². The molecule has 2 aromatic carbocycles. The first kappa shape index (κ1) is 16.4. The lowest BCUT2D eigenvalue weighted by molar-refractivity contribution is 0.592. The number of benzene rings is 2. The van der Waals surface area contributed by atoms with Gasteiger partial charge in [0.25, 0.3) is 0 Å². The van der Waals surface area contributed by atoms with E-state index in [1.807, 2.05) is 61.5 Å².